The number of anilines is 6. The number of aliphatic hydroxyl groups is 1. The quantitative estimate of drug-likeness (QED) is 0.0641. The van der Waals surface area contributed by atoms with Crippen LogP contribution in [0.15, 0.2) is 78.4 Å². The Morgan fingerprint density at radius 1 is 0.959 bits per heavy atom. The van der Waals surface area contributed by atoms with Crippen molar-refractivity contribution in [2.75, 3.05) is 99.2 Å². The van der Waals surface area contributed by atoms with Gasteiger partial charge in [0.05, 0.1) is 59.1 Å². The van der Waals surface area contributed by atoms with Crippen LogP contribution in [0, 0.1) is 18.8 Å². The van der Waals surface area contributed by atoms with Gasteiger partial charge in [-0.25, -0.2) is 14.2 Å². The Bertz CT molecular complexity index is 2730. The van der Waals surface area contributed by atoms with Gasteiger partial charge in [0.1, 0.15) is 33.8 Å². The predicted molar refractivity (Wildman–Crippen MR) is 290 cm³/mol. The monoisotopic (exact) mass is 1050 g/mol. The number of likely N-dealkylation sites (tertiary alicyclic amines) is 2. The first-order chi connectivity index (χ1) is 35.1. The largest absolute Gasteiger partial charge is 0.494 e. The highest BCUT2D eigenvalue weighted by Gasteiger charge is 2.42. The number of thiazole rings is 1. The number of para-hydroxylation sites is 2. The van der Waals surface area contributed by atoms with Crippen LogP contribution in [-0.4, -0.2) is 154 Å². The molecule has 4 atom stereocenters. The number of aromatic nitrogens is 3. The second-order valence-electron chi connectivity index (χ2n) is 19.3. The van der Waals surface area contributed by atoms with E-state index < -0.39 is 29.2 Å². The summed E-state index contributed by atoms with van der Waals surface area (Å²) in [5, 5.41) is 23.5. The molecule has 0 radical (unpaired) electrons. The zero-order chi connectivity index (χ0) is 51.8. The second kappa shape index (κ2) is 24.4. The second-order valence-corrected chi connectivity index (χ2v) is 22.0. The van der Waals surface area contributed by atoms with Crippen molar-refractivity contribution < 1.29 is 28.4 Å². The van der Waals surface area contributed by atoms with E-state index in [9.17, 15) is 23.7 Å². The lowest BCUT2D eigenvalue weighted by atomic mass is 9.95. The maximum absolute atomic E-state index is 14.0. The van der Waals surface area contributed by atoms with Crippen LogP contribution in [0.5, 0.6) is 5.75 Å². The van der Waals surface area contributed by atoms with E-state index in [1.807, 2.05) is 86.9 Å². The Hall–Kier alpha value is -5.90. The number of carbonyl (C=O) groups excluding carboxylic acids is 3. The first-order valence-electron chi connectivity index (χ1n) is 24.8. The number of aliphatic hydroxyl groups excluding tert-OH is 1. The molecule has 3 fully saturated rings. The van der Waals surface area contributed by atoms with Crippen LogP contribution in [0.25, 0.3) is 10.4 Å². The standard InChI is InChI=1S/C52H67ClN12O6S2/c1-33(2)47(51(69)65-30-39(66)26-44(65)50(68)54-27-35-11-13-37(14-12-35)48-34(3)56-32-72-48)59-46(67)31-62-19-17-36(18-20-62)29-63-21-23-64(24-22-63)38-15-16-42(45(25-38)71-5)58-52-55-28-40(53)49(60-52)57-41-9-7-8-10-43(41)61(4)73(6)70/h7-16,25,28,32-33,36,39,44,47,66H,17-24,26-27,29-31H2,1-6H3,(H,54,68)(H,59,67)(H2,55,57,58,60)/t39-,44-,47+,73?/m1/s1. The van der Waals surface area contributed by atoms with Gasteiger partial charge in [-0.1, -0.05) is 61.8 Å². The maximum atomic E-state index is 14.0. The molecule has 0 spiro atoms. The van der Waals surface area contributed by atoms with Crippen molar-refractivity contribution in [3.8, 4) is 16.2 Å². The number of piperazine rings is 1. The lowest BCUT2D eigenvalue weighted by Crippen LogP contribution is -2.56. The predicted octanol–water partition coefficient (Wildman–Crippen LogP) is 6.04. The molecular weight excluding hydrogens is 988 g/mol. The highest BCUT2D eigenvalue weighted by atomic mass is 35.5. The molecule has 390 valence electrons. The number of ether oxygens (including phenoxy) is 1. The van der Waals surface area contributed by atoms with E-state index in [4.69, 9.17) is 16.3 Å². The van der Waals surface area contributed by atoms with Crippen molar-refractivity contribution in [2.45, 2.75) is 64.8 Å². The average Bonchev–Trinajstić information content (AvgIpc) is 4.01. The van der Waals surface area contributed by atoms with Crippen molar-refractivity contribution in [2.24, 2.45) is 11.8 Å². The zero-order valence-electron chi connectivity index (χ0n) is 42.3. The minimum atomic E-state index is -1.23. The summed E-state index contributed by atoms with van der Waals surface area (Å²) in [5.41, 5.74) is 7.97. The number of β-amino-alcohol motifs (C(OH)–C–C–N with tert-alkyl or cyclic N) is 1. The van der Waals surface area contributed by atoms with Crippen molar-refractivity contribution >= 4 is 86.2 Å². The summed E-state index contributed by atoms with van der Waals surface area (Å²) in [7, 11) is 2.17. The first-order valence-corrected chi connectivity index (χ1v) is 27.6. The van der Waals surface area contributed by atoms with Crippen LogP contribution in [0.2, 0.25) is 5.02 Å². The van der Waals surface area contributed by atoms with Crippen molar-refractivity contribution in [1.82, 2.24) is 40.3 Å². The van der Waals surface area contributed by atoms with Crippen molar-refractivity contribution in [1.29, 1.82) is 0 Å². The number of halogens is 1. The van der Waals surface area contributed by atoms with Crippen LogP contribution in [0.3, 0.4) is 0 Å². The molecular formula is C52H67ClN12O6S2. The molecule has 3 saturated heterocycles. The van der Waals surface area contributed by atoms with Gasteiger partial charge >= 0.3 is 0 Å². The molecule has 5 aromatic rings. The molecule has 0 aliphatic carbocycles. The van der Waals surface area contributed by atoms with Gasteiger partial charge in [-0.15, -0.1) is 11.3 Å². The minimum absolute atomic E-state index is 0.0331. The number of carbonyl (C=O) groups is 3. The van der Waals surface area contributed by atoms with Gasteiger partial charge in [0.2, 0.25) is 23.7 Å². The molecule has 3 amide bonds. The fraction of sp³-hybridized carbons (Fsp3) is 0.462. The van der Waals surface area contributed by atoms with E-state index in [-0.39, 0.29) is 49.7 Å². The molecule has 3 aliphatic rings. The van der Waals surface area contributed by atoms with Crippen LogP contribution >= 0.6 is 22.9 Å². The molecule has 18 nitrogen and oxygen atoms in total. The number of amides is 3. The molecule has 21 heteroatoms. The van der Waals surface area contributed by atoms with Gasteiger partial charge in [0.15, 0.2) is 5.82 Å². The normalized spacial score (nSPS) is 18.6. The van der Waals surface area contributed by atoms with Crippen LogP contribution in [0.4, 0.5) is 34.5 Å². The molecule has 1 unspecified atom stereocenters. The summed E-state index contributed by atoms with van der Waals surface area (Å²) in [6.45, 7) is 12.4. The smallest absolute Gasteiger partial charge is 0.246 e. The van der Waals surface area contributed by atoms with Gasteiger partial charge in [-0.3, -0.25) is 28.5 Å². The van der Waals surface area contributed by atoms with Crippen molar-refractivity contribution in [3.63, 3.8) is 0 Å². The number of piperidine rings is 1. The average molecular weight is 1060 g/mol. The number of benzene rings is 3. The van der Waals surface area contributed by atoms with E-state index in [1.54, 1.807) is 36.1 Å². The van der Waals surface area contributed by atoms with Gasteiger partial charge in [0.25, 0.3) is 0 Å². The summed E-state index contributed by atoms with van der Waals surface area (Å²) < 4.78 is 19.7. The number of rotatable bonds is 19. The van der Waals surface area contributed by atoms with Crippen LogP contribution < -0.4 is 35.2 Å². The molecule has 5 heterocycles. The lowest BCUT2D eigenvalue weighted by Gasteiger charge is -2.39. The Balaban J connectivity index is 0.769. The zero-order valence-corrected chi connectivity index (χ0v) is 44.7. The SMILES string of the molecule is COc1cc(N2CCN(CC3CCN(CC(=O)N[C@H](C(=O)N4C[C@H](O)C[C@@H]4C(=O)NCc4ccc(-c5scnc5C)cc4)C(C)C)CC3)CC2)ccc1Nc1ncc(Cl)c(Nc2ccccc2N(C)S(C)=O)n1. The number of nitrogens with zero attached hydrogens (tertiary/aromatic N) is 8. The van der Waals surface area contributed by atoms with E-state index >= 15 is 0 Å². The summed E-state index contributed by atoms with van der Waals surface area (Å²) >= 11 is 8.10. The number of hydrogen-bond acceptors (Lipinski definition) is 15. The lowest BCUT2D eigenvalue weighted by molar-refractivity contribution is -0.142. The van der Waals surface area contributed by atoms with E-state index in [0.717, 1.165) is 91.7 Å². The summed E-state index contributed by atoms with van der Waals surface area (Å²) in [4.78, 5) is 64.0. The van der Waals surface area contributed by atoms with Gasteiger partial charge in [0, 0.05) is 77.3 Å². The molecule has 73 heavy (non-hydrogen) atoms. The van der Waals surface area contributed by atoms with Gasteiger partial charge in [-0.2, -0.15) is 4.98 Å². The Kier molecular flexibility index (Phi) is 17.9. The van der Waals surface area contributed by atoms with Crippen LogP contribution in [0.1, 0.15) is 44.4 Å². The topological polar surface area (TPSA) is 201 Å². The molecule has 0 bridgehead atoms. The van der Waals surface area contributed by atoms with E-state index in [0.29, 0.717) is 39.8 Å². The fourth-order valence-corrected chi connectivity index (χ4v) is 11.1. The van der Waals surface area contributed by atoms with Crippen molar-refractivity contribution in [3.05, 3.63) is 94.7 Å². The first kappa shape index (κ1) is 53.4. The molecule has 3 aliphatic heterocycles. The van der Waals surface area contributed by atoms with E-state index in [2.05, 4.69) is 57.0 Å². The van der Waals surface area contributed by atoms with E-state index in [1.165, 1.54) is 11.1 Å². The summed E-state index contributed by atoms with van der Waals surface area (Å²) in [5.74, 6) is 0.746. The number of hydrogen-bond donors (Lipinski definition) is 5. The number of nitrogens with one attached hydrogen (secondary N) is 4. The third-order valence-electron chi connectivity index (χ3n) is 13.9. The highest BCUT2D eigenvalue weighted by Crippen LogP contribution is 2.35. The third-order valence-corrected chi connectivity index (χ3v) is 16.2. The summed E-state index contributed by atoms with van der Waals surface area (Å²) in [6, 6.07) is 19.8. The Morgan fingerprint density at radius 3 is 2.38 bits per heavy atom. The van der Waals surface area contributed by atoms with Gasteiger partial charge in [-0.05, 0) is 80.1 Å². The van der Waals surface area contributed by atoms with Gasteiger partial charge < -0.3 is 40.9 Å². The molecule has 2 aromatic heterocycles. The molecule has 0 saturated carbocycles. The number of methoxy groups -OCH3 is 1. The molecule has 3 aromatic carbocycles. The summed E-state index contributed by atoms with van der Waals surface area (Å²) in [6.07, 6.45) is 4.40. The molecule has 5 N–H and O–H groups in total. The minimum Gasteiger partial charge on any atom is -0.494 e. The highest BCUT2D eigenvalue weighted by molar-refractivity contribution is 7.85. The Labute approximate surface area is 439 Å². The number of aryl methyl sites for hydroxylation is 1. The Morgan fingerprint density at radius 2 is 1.70 bits per heavy atom. The maximum Gasteiger partial charge on any atom is 0.246 e. The third kappa shape index (κ3) is 13.5. The fourth-order valence-electron chi connectivity index (χ4n) is 9.70. The molecule has 8 rings (SSSR count). The van der Waals surface area contributed by atoms with Crippen LogP contribution in [-0.2, 0) is 31.9 Å².